The SMILES string of the molecule is CC(C)CC(=O)[C@@H]1CCCN(C(=O)CC[C@@]2(Cc3cccc4ccccc34)CCC(=O)N2)C1. The van der Waals surface area contributed by atoms with Crippen molar-refractivity contribution in [1.82, 2.24) is 10.2 Å². The summed E-state index contributed by atoms with van der Waals surface area (Å²) >= 11 is 0. The molecular formula is C28H36N2O3. The summed E-state index contributed by atoms with van der Waals surface area (Å²) in [5.41, 5.74) is 0.819. The van der Waals surface area contributed by atoms with Crippen LogP contribution in [0.4, 0.5) is 0 Å². The van der Waals surface area contributed by atoms with Crippen molar-refractivity contribution >= 4 is 28.4 Å². The molecule has 33 heavy (non-hydrogen) atoms. The molecule has 5 nitrogen and oxygen atoms in total. The fourth-order valence-corrected chi connectivity index (χ4v) is 5.53. The third-order valence-corrected chi connectivity index (χ3v) is 7.30. The molecule has 0 aliphatic carbocycles. The summed E-state index contributed by atoms with van der Waals surface area (Å²) in [4.78, 5) is 39.8. The number of benzene rings is 2. The van der Waals surface area contributed by atoms with E-state index in [4.69, 9.17) is 0 Å². The van der Waals surface area contributed by atoms with E-state index in [-0.39, 0.29) is 29.1 Å². The second kappa shape index (κ2) is 10.1. The summed E-state index contributed by atoms with van der Waals surface area (Å²) in [6.45, 7) is 5.41. The lowest BCUT2D eigenvalue weighted by atomic mass is 9.83. The number of ketones is 1. The molecule has 0 radical (unpaired) electrons. The van der Waals surface area contributed by atoms with E-state index >= 15 is 0 Å². The Kier molecular flexibility index (Phi) is 7.16. The van der Waals surface area contributed by atoms with Gasteiger partial charge in [-0.15, -0.1) is 0 Å². The van der Waals surface area contributed by atoms with Gasteiger partial charge in [-0.1, -0.05) is 56.3 Å². The van der Waals surface area contributed by atoms with E-state index in [0.717, 1.165) is 32.2 Å². The van der Waals surface area contributed by atoms with Crippen molar-refractivity contribution in [2.75, 3.05) is 13.1 Å². The van der Waals surface area contributed by atoms with Crippen LogP contribution < -0.4 is 5.32 Å². The molecule has 2 aliphatic rings. The van der Waals surface area contributed by atoms with Crippen LogP contribution >= 0.6 is 0 Å². The van der Waals surface area contributed by atoms with Crippen molar-refractivity contribution in [1.29, 1.82) is 0 Å². The van der Waals surface area contributed by atoms with Crippen LogP contribution in [0, 0.1) is 11.8 Å². The first kappa shape index (κ1) is 23.5. The van der Waals surface area contributed by atoms with Gasteiger partial charge in [0.25, 0.3) is 0 Å². The van der Waals surface area contributed by atoms with Gasteiger partial charge >= 0.3 is 0 Å². The summed E-state index contributed by atoms with van der Waals surface area (Å²) < 4.78 is 0. The molecule has 4 rings (SSSR count). The Bertz CT molecular complexity index is 1030. The van der Waals surface area contributed by atoms with Crippen LogP contribution in [0.1, 0.15) is 64.4 Å². The third kappa shape index (κ3) is 5.63. The number of hydrogen-bond donors (Lipinski definition) is 1. The number of rotatable bonds is 8. The molecule has 2 amide bonds. The Labute approximate surface area is 196 Å². The number of carbonyl (C=O) groups excluding carboxylic acids is 3. The molecule has 1 N–H and O–H groups in total. The average molecular weight is 449 g/mol. The molecule has 0 saturated carbocycles. The molecule has 2 saturated heterocycles. The first-order chi connectivity index (χ1) is 15.8. The van der Waals surface area contributed by atoms with Crippen molar-refractivity contribution < 1.29 is 14.4 Å². The van der Waals surface area contributed by atoms with E-state index < -0.39 is 0 Å². The minimum absolute atomic E-state index is 0.0269. The predicted molar refractivity (Wildman–Crippen MR) is 131 cm³/mol. The number of hydrogen-bond acceptors (Lipinski definition) is 3. The van der Waals surface area contributed by atoms with Gasteiger partial charge in [0.2, 0.25) is 11.8 Å². The van der Waals surface area contributed by atoms with Crippen molar-refractivity contribution in [3.63, 3.8) is 0 Å². The van der Waals surface area contributed by atoms with E-state index in [1.807, 2.05) is 17.0 Å². The maximum atomic E-state index is 13.1. The molecule has 2 aromatic carbocycles. The zero-order valence-electron chi connectivity index (χ0n) is 19.9. The topological polar surface area (TPSA) is 66.5 Å². The van der Waals surface area contributed by atoms with Gasteiger partial charge in [-0.2, -0.15) is 0 Å². The van der Waals surface area contributed by atoms with Crippen molar-refractivity contribution in [2.45, 2.75) is 70.8 Å². The lowest BCUT2D eigenvalue weighted by Gasteiger charge is -2.34. The molecule has 2 atom stereocenters. The lowest BCUT2D eigenvalue weighted by molar-refractivity contribution is -0.136. The number of nitrogens with zero attached hydrogens (tertiary/aromatic N) is 1. The Balaban J connectivity index is 1.43. The first-order valence-corrected chi connectivity index (χ1v) is 12.4. The Morgan fingerprint density at radius 1 is 1.15 bits per heavy atom. The molecule has 2 fully saturated rings. The van der Waals surface area contributed by atoms with Crippen LogP contribution in [-0.4, -0.2) is 41.1 Å². The van der Waals surface area contributed by atoms with Gasteiger partial charge in [0, 0.05) is 43.8 Å². The largest absolute Gasteiger partial charge is 0.350 e. The van der Waals surface area contributed by atoms with Crippen molar-refractivity contribution in [3.05, 3.63) is 48.0 Å². The second-order valence-electron chi connectivity index (χ2n) is 10.4. The number of piperidine rings is 1. The van der Waals surface area contributed by atoms with E-state index in [1.165, 1.54) is 16.3 Å². The number of amides is 2. The molecule has 2 heterocycles. The molecular weight excluding hydrogens is 412 g/mol. The first-order valence-electron chi connectivity index (χ1n) is 12.4. The molecule has 0 spiro atoms. The quantitative estimate of drug-likeness (QED) is 0.638. The molecule has 5 heteroatoms. The normalized spacial score (nSPS) is 23.2. The minimum atomic E-state index is -0.389. The maximum Gasteiger partial charge on any atom is 0.222 e. The van der Waals surface area contributed by atoms with E-state index in [1.54, 1.807) is 0 Å². The van der Waals surface area contributed by atoms with Gasteiger partial charge in [-0.3, -0.25) is 14.4 Å². The highest BCUT2D eigenvalue weighted by atomic mass is 16.2. The highest BCUT2D eigenvalue weighted by molar-refractivity contribution is 5.86. The maximum absolute atomic E-state index is 13.1. The smallest absolute Gasteiger partial charge is 0.222 e. The zero-order chi connectivity index (χ0) is 23.4. The highest BCUT2D eigenvalue weighted by Gasteiger charge is 2.39. The van der Waals surface area contributed by atoms with Crippen LogP contribution in [0.3, 0.4) is 0 Å². The minimum Gasteiger partial charge on any atom is -0.350 e. The van der Waals surface area contributed by atoms with Gasteiger partial charge in [0.15, 0.2) is 0 Å². The van der Waals surface area contributed by atoms with Crippen LogP contribution in [-0.2, 0) is 20.8 Å². The predicted octanol–water partition coefficient (Wildman–Crippen LogP) is 4.67. The molecule has 2 aromatic rings. The Morgan fingerprint density at radius 2 is 1.94 bits per heavy atom. The summed E-state index contributed by atoms with van der Waals surface area (Å²) in [6.07, 6.45) is 5.37. The van der Waals surface area contributed by atoms with Gasteiger partial charge in [-0.05, 0) is 54.4 Å². The van der Waals surface area contributed by atoms with Crippen molar-refractivity contribution in [2.24, 2.45) is 11.8 Å². The molecule has 0 bridgehead atoms. The third-order valence-electron chi connectivity index (χ3n) is 7.30. The number of nitrogens with one attached hydrogen (secondary N) is 1. The Hall–Kier alpha value is -2.69. The van der Waals surface area contributed by atoms with Crippen LogP contribution in [0.5, 0.6) is 0 Å². The van der Waals surface area contributed by atoms with E-state index in [9.17, 15) is 14.4 Å². The standard InChI is InChI=1S/C28H36N2O3/c1-20(2)17-25(31)23-10-6-16-30(19-23)27(33)13-15-28(14-12-26(32)29-28)18-22-9-5-8-21-7-3-4-11-24(21)22/h3-5,7-9,11,20,23H,6,10,12-19H2,1-2H3,(H,29,32)/t23-,28-/m1/s1. The van der Waals surface area contributed by atoms with Gasteiger partial charge < -0.3 is 10.2 Å². The molecule has 176 valence electrons. The fraction of sp³-hybridized carbons (Fsp3) is 0.536. The molecule has 0 aromatic heterocycles. The van der Waals surface area contributed by atoms with Crippen LogP contribution in [0.25, 0.3) is 10.8 Å². The second-order valence-corrected chi connectivity index (χ2v) is 10.4. The highest BCUT2D eigenvalue weighted by Crippen LogP contribution is 2.33. The molecule has 2 aliphatic heterocycles. The molecule has 0 unspecified atom stereocenters. The summed E-state index contributed by atoms with van der Waals surface area (Å²) in [5, 5.41) is 5.62. The van der Waals surface area contributed by atoms with Gasteiger partial charge in [0.1, 0.15) is 5.78 Å². The number of likely N-dealkylation sites (tertiary alicyclic amines) is 1. The average Bonchev–Trinajstić information content (AvgIpc) is 3.18. The van der Waals surface area contributed by atoms with E-state index in [2.05, 4.69) is 49.5 Å². The number of Topliss-reactive ketones (excluding diaryl/α,β-unsaturated/α-hetero) is 1. The van der Waals surface area contributed by atoms with Gasteiger partial charge in [-0.25, -0.2) is 0 Å². The fourth-order valence-electron chi connectivity index (χ4n) is 5.53. The lowest BCUT2D eigenvalue weighted by Crippen LogP contribution is -2.46. The number of fused-ring (bicyclic) bond motifs is 1. The summed E-state index contributed by atoms with van der Waals surface area (Å²) in [5.74, 6) is 0.790. The van der Waals surface area contributed by atoms with E-state index in [0.29, 0.717) is 38.1 Å². The Morgan fingerprint density at radius 3 is 2.70 bits per heavy atom. The number of carbonyl (C=O) groups is 3. The van der Waals surface area contributed by atoms with Crippen LogP contribution in [0.15, 0.2) is 42.5 Å². The van der Waals surface area contributed by atoms with Crippen molar-refractivity contribution in [3.8, 4) is 0 Å². The van der Waals surface area contributed by atoms with Gasteiger partial charge in [0.05, 0.1) is 0 Å². The monoisotopic (exact) mass is 448 g/mol. The van der Waals surface area contributed by atoms with Crippen LogP contribution in [0.2, 0.25) is 0 Å². The zero-order valence-corrected chi connectivity index (χ0v) is 19.9. The summed E-state index contributed by atoms with van der Waals surface area (Å²) in [6, 6.07) is 14.6. The summed E-state index contributed by atoms with van der Waals surface area (Å²) in [7, 11) is 0.